The van der Waals surface area contributed by atoms with Gasteiger partial charge < -0.3 is 23.5 Å². The number of pyridine rings is 1. The number of aryl methyl sites for hydroxylation is 3. The van der Waals surface area contributed by atoms with Crippen LogP contribution in [0.3, 0.4) is 0 Å². The Hall–Kier alpha value is -3.79. The Bertz CT molecular complexity index is 1360. The summed E-state index contributed by atoms with van der Waals surface area (Å²) < 4.78 is 31.5. The molecular formula is C25H26FN5O4. The van der Waals surface area contributed by atoms with Crippen molar-refractivity contribution in [2.45, 2.75) is 26.3 Å². The summed E-state index contributed by atoms with van der Waals surface area (Å²) in [6, 6.07) is 6.84. The highest BCUT2D eigenvalue weighted by atomic mass is 19.1. The second kappa shape index (κ2) is 9.83. The monoisotopic (exact) mass is 479 g/mol. The van der Waals surface area contributed by atoms with E-state index in [1.54, 1.807) is 23.4 Å². The van der Waals surface area contributed by atoms with E-state index in [1.165, 1.54) is 13.2 Å². The number of ether oxygens (including phenoxy) is 2. The van der Waals surface area contributed by atoms with Gasteiger partial charge in [-0.1, -0.05) is 11.2 Å². The van der Waals surface area contributed by atoms with Crippen molar-refractivity contribution in [3.8, 4) is 16.9 Å². The number of halogens is 1. The number of hydrogen-bond acceptors (Lipinski definition) is 7. The number of methoxy groups -OCH3 is 1. The highest BCUT2D eigenvalue weighted by molar-refractivity contribution is 5.82. The number of imidazole rings is 1. The van der Waals surface area contributed by atoms with Crippen LogP contribution in [0.2, 0.25) is 0 Å². The molecule has 1 aromatic carbocycles. The van der Waals surface area contributed by atoms with Gasteiger partial charge in [0.1, 0.15) is 24.1 Å². The van der Waals surface area contributed by atoms with E-state index in [9.17, 15) is 9.18 Å². The van der Waals surface area contributed by atoms with Crippen LogP contribution < -0.4 is 4.74 Å². The first-order valence-corrected chi connectivity index (χ1v) is 11.5. The molecule has 9 nitrogen and oxygen atoms in total. The van der Waals surface area contributed by atoms with Gasteiger partial charge in [-0.25, -0.2) is 14.4 Å². The molecular weight excluding hydrogens is 453 g/mol. The Morgan fingerprint density at radius 3 is 2.74 bits per heavy atom. The Balaban J connectivity index is 1.47. The van der Waals surface area contributed by atoms with Gasteiger partial charge in [-0.05, 0) is 37.1 Å². The maximum Gasteiger partial charge on any atom is 0.242 e. The van der Waals surface area contributed by atoms with E-state index in [0.29, 0.717) is 56.1 Å². The molecule has 1 aliphatic heterocycles. The molecule has 35 heavy (non-hydrogen) atoms. The van der Waals surface area contributed by atoms with Gasteiger partial charge in [-0.3, -0.25) is 4.79 Å². The molecule has 0 spiro atoms. The van der Waals surface area contributed by atoms with Gasteiger partial charge in [0.2, 0.25) is 5.91 Å². The van der Waals surface area contributed by atoms with Gasteiger partial charge in [0, 0.05) is 36.8 Å². The third-order valence-electron chi connectivity index (χ3n) is 6.24. The van der Waals surface area contributed by atoms with Crippen LogP contribution in [0, 0.1) is 12.7 Å². The molecule has 0 unspecified atom stereocenters. The van der Waals surface area contributed by atoms with Gasteiger partial charge in [-0.15, -0.1) is 0 Å². The summed E-state index contributed by atoms with van der Waals surface area (Å²) in [5.74, 6) is 0.504. The number of carbonyl (C=O) groups is 1. The summed E-state index contributed by atoms with van der Waals surface area (Å²) in [6.07, 6.45) is 4.38. The zero-order valence-corrected chi connectivity index (χ0v) is 19.7. The molecule has 4 aromatic rings. The maximum absolute atomic E-state index is 14.2. The molecule has 0 N–H and O–H groups in total. The van der Waals surface area contributed by atoms with Crippen molar-refractivity contribution in [1.82, 2.24) is 24.6 Å². The zero-order chi connectivity index (χ0) is 24.4. The molecule has 4 heterocycles. The molecule has 1 saturated heterocycles. The quantitative estimate of drug-likeness (QED) is 0.402. The largest absolute Gasteiger partial charge is 0.494 e. The minimum absolute atomic E-state index is 0.00917. The third kappa shape index (κ3) is 4.74. The Morgan fingerprint density at radius 1 is 1.20 bits per heavy atom. The first kappa shape index (κ1) is 23.0. The van der Waals surface area contributed by atoms with Crippen molar-refractivity contribution in [3.05, 3.63) is 59.6 Å². The van der Waals surface area contributed by atoms with E-state index in [-0.39, 0.29) is 18.2 Å². The predicted octanol–water partition coefficient (Wildman–Crippen LogP) is 3.19. The topological polar surface area (TPSA) is 95.5 Å². The number of nitrogens with zero attached hydrogens (tertiary/aromatic N) is 5. The summed E-state index contributed by atoms with van der Waals surface area (Å²) in [4.78, 5) is 24.3. The number of rotatable bonds is 7. The van der Waals surface area contributed by atoms with Crippen molar-refractivity contribution in [2.75, 3.05) is 33.4 Å². The standard InChI is InChI=1S/C25H26FN5O4/c1-16-19(15-35-29-16)18-12-21-25(27-13-18)31(14-24(32)30-7-9-34-10-8-30)23(28-21)6-4-17-3-5-22(33-2)20(26)11-17/h3,5,11-13,15H,4,6-10,14H2,1-2H3. The van der Waals surface area contributed by atoms with E-state index < -0.39 is 5.82 Å². The first-order chi connectivity index (χ1) is 17.0. The lowest BCUT2D eigenvalue weighted by Crippen LogP contribution is -2.42. The maximum atomic E-state index is 14.2. The molecule has 3 aromatic heterocycles. The van der Waals surface area contributed by atoms with Gasteiger partial charge in [0.15, 0.2) is 17.2 Å². The second-order valence-electron chi connectivity index (χ2n) is 8.46. The lowest BCUT2D eigenvalue weighted by Gasteiger charge is -2.27. The summed E-state index contributed by atoms with van der Waals surface area (Å²) in [5, 5.41) is 3.94. The minimum Gasteiger partial charge on any atom is -0.494 e. The third-order valence-corrected chi connectivity index (χ3v) is 6.24. The number of aromatic nitrogens is 4. The Kier molecular flexibility index (Phi) is 6.45. The van der Waals surface area contributed by atoms with Crippen LogP contribution in [-0.2, 0) is 28.9 Å². The summed E-state index contributed by atoms with van der Waals surface area (Å²) in [6.45, 7) is 4.19. The Labute approximate surface area is 201 Å². The number of morpholine rings is 1. The number of amides is 1. The van der Waals surface area contributed by atoms with Crippen molar-refractivity contribution < 1.29 is 23.2 Å². The summed E-state index contributed by atoms with van der Waals surface area (Å²) in [5.41, 5.74) is 4.55. The average molecular weight is 480 g/mol. The van der Waals surface area contributed by atoms with E-state index in [0.717, 1.165) is 22.4 Å². The molecule has 1 aliphatic rings. The fourth-order valence-electron chi connectivity index (χ4n) is 4.30. The molecule has 182 valence electrons. The van der Waals surface area contributed by atoms with Crippen molar-refractivity contribution in [2.24, 2.45) is 0 Å². The number of carbonyl (C=O) groups excluding carboxylic acids is 1. The zero-order valence-electron chi connectivity index (χ0n) is 19.7. The summed E-state index contributed by atoms with van der Waals surface area (Å²) >= 11 is 0. The van der Waals surface area contributed by atoms with Gasteiger partial charge in [0.05, 0.1) is 26.0 Å². The summed E-state index contributed by atoms with van der Waals surface area (Å²) in [7, 11) is 1.44. The van der Waals surface area contributed by atoms with Crippen LogP contribution >= 0.6 is 0 Å². The predicted molar refractivity (Wildman–Crippen MR) is 126 cm³/mol. The average Bonchev–Trinajstić information content (AvgIpc) is 3.46. The highest BCUT2D eigenvalue weighted by Gasteiger charge is 2.21. The SMILES string of the molecule is COc1ccc(CCc2nc3cc(-c4conc4C)cnc3n2CC(=O)N2CCOCC2)cc1F. The second-order valence-corrected chi connectivity index (χ2v) is 8.46. The fraction of sp³-hybridized carbons (Fsp3) is 0.360. The minimum atomic E-state index is -0.406. The van der Waals surface area contributed by atoms with Crippen molar-refractivity contribution >= 4 is 17.1 Å². The van der Waals surface area contributed by atoms with E-state index >= 15 is 0 Å². The highest BCUT2D eigenvalue weighted by Crippen LogP contribution is 2.26. The molecule has 10 heteroatoms. The molecule has 0 atom stereocenters. The number of fused-ring (bicyclic) bond motifs is 1. The fourth-order valence-corrected chi connectivity index (χ4v) is 4.30. The van der Waals surface area contributed by atoms with Crippen LogP contribution in [0.25, 0.3) is 22.3 Å². The Morgan fingerprint density at radius 2 is 2.03 bits per heavy atom. The molecule has 0 bridgehead atoms. The lowest BCUT2D eigenvalue weighted by molar-refractivity contribution is -0.135. The molecule has 0 aliphatic carbocycles. The van der Waals surface area contributed by atoms with E-state index in [4.69, 9.17) is 19.0 Å². The number of benzene rings is 1. The van der Waals surface area contributed by atoms with E-state index in [1.807, 2.05) is 23.6 Å². The van der Waals surface area contributed by atoms with E-state index in [2.05, 4.69) is 10.1 Å². The van der Waals surface area contributed by atoms with Crippen LogP contribution in [0.5, 0.6) is 5.75 Å². The van der Waals surface area contributed by atoms with Crippen LogP contribution in [0.15, 0.2) is 41.2 Å². The van der Waals surface area contributed by atoms with Crippen LogP contribution in [-0.4, -0.2) is 63.9 Å². The smallest absolute Gasteiger partial charge is 0.242 e. The first-order valence-electron chi connectivity index (χ1n) is 11.5. The molecule has 1 fully saturated rings. The normalized spacial score (nSPS) is 14.0. The van der Waals surface area contributed by atoms with Crippen molar-refractivity contribution in [1.29, 1.82) is 0 Å². The van der Waals surface area contributed by atoms with Gasteiger partial charge >= 0.3 is 0 Å². The molecule has 5 rings (SSSR count). The van der Waals surface area contributed by atoms with Crippen LogP contribution in [0.1, 0.15) is 17.1 Å². The van der Waals surface area contributed by atoms with Gasteiger partial charge in [-0.2, -0.15) is 0 Å². The lowest BCUT2D eigenvalue weighted by atomic mass is 10.1. The van der Waals surface area contributed by atoms with Gasteiger partial charge in [0.25, 0.3) is 0 Å². The number of hydrogen-bond donors (Lipinski definition) is 0. The molecule has 0 saturated carbocycles. The van der Waals surface area contributed by atoms with Crippen LogP contribution in [0.4, 0.5) is 4.39 Å². The molecule has 0 radical (unpaired) electrons. The van der Waals surface area contributed by atoms with Crippen molar-refractivity contribution in [3.63, 3.8) is 0 Å². The molecule has 1 amide bonds.